The third kappa shape index (κ3) is 3.22. The van der Waals surface area contributed by atoms with Gasteiger partial charge in [0.2, 0.25) is 0 Å². The zero-order valence-corrected chi connectivity index (χ0v) is 12.3. The Bertz CT molecular complexity index is 632. The number of hydrogen-bond donors (Lipinski definition) is 0. The number of amides is 1. The molecule has 3 heterocycles. The lowest BCUT2D eigenvalue weighted by molar-refractivity contribution is 0.0706. The van der Waals surface area contributed by atoms with Crippen LogP contribution in [0.1, 0.15) is 34.7 Å². The Morgan fingerprint density at radius 1 is 1.24 bits per heavy atom. The molecule has 3 rings (SSSR count). The Morgan fingerprint density at radius 3 is 2.81 bits per heavy atom. The quantitative estimate of drug-likeness (QED) is 0.856. The van der Waals surface area contributed by atoms with Crippen molar-refractivity contribution in [2.45, 2.75) is 18.8 Å². The van der Waals surface area contributed by atoms with Crippen LogP contribution in [0.15, 0.2) is 43.0 Å². The van der Waals surface area contributed by atoms with Crippen LogP contribution < -0.4 is 0 Å². The molecule has 0 aliphatic carbocycles. The molecule has 108 valence electrons. The van der Waals surface area contributed by atoms with E-state index in [9.17, 15) is 4.79 Å². The summed E-state index contributed by atoms with van der Waals surface area (Å²) >= 11 is 5.91. The normalized spacial score (nSPS) is 18.5. The van der Waals surface area contributed by atoms with Gasteiger partial charge in [0.1, 0.15) is 0 Å². The van der Waals surface area contributed by atoms with Crippen molar-refractivity contribution >= 4 is 17.5 Å². The van der Waals surface area contributed by atoms with E-state index in [2.05, 4.69) is 9.97 Å². The number of halogens is 1. The second kappa shape index (κ2) is 6.22. The lowest BCUT2D eigenvalue weighted by Gasteiger charge is -2.33. The highest BCUT2D eigenvalue weighted by atomic mass is 35.5. The molecule has 0 saturated carbocycles. The minimum Gasteiger partial charge on any atom is -0.338 e. The molecule has 1 fully saturated rings. The molecule has 0 radical (unpaired) electrons. The highest BCUT2D eigenvalue weighted by Gasteiger charge is 2.25. The van der Waals surface area contributed by atoms with E-state index in [-0.39, 0.29) is 5.91 Å². The number of carbonyl (C=O) groups excluding carboxylic acids is 1. The summed E-state index contributed by atoms with van der Waals surface area (Å²) in [5.74, 6) is 0.376. The van der Waals surface area contributed by atoms with Gasteiger partial charge in [0, 0.05) is 43.8 Å². The highest BCUT2D eigenvalue weighted by Crippen LogP contribution is 2.27. The lowest BCUT2D eigenvalue weighted by Crippen LogP contribution is -2.39. The van der Waals surface area contributed by atoms with E-state index in [1.54, 1.807) is 24.7 Å². The molecule has 1 aliphatic heterocycles. The Hall–Kier alpha value is -1.94. The number of hydrogen-bond acceptors (Lipinski definition) is 3. The maximum Gasteiger partial charge on any atom is 0.255 e. The predicted molar refractivity (Wildman–Crippen MR) is 81.4 cm³/mol. The van der Waals surface area contributed by atoms with Gasteiger partial charge in [0.15, 0.2) is 0 Å². The van der Waals surface area contributed by atoms with Crippen LogP contribution in [-0.4, -0.2) is 33.9 Å². The third-order valence-corrected chi connectivity index (χ3v) is 4.04. The minimum atomic E-state index is 0.00348. The van der Waals surface area contributed by atoms with Gasteiger partial charge >= 0.3 is 0 Å². The van der Waals surface area contributed by atoms with Crippen LogP contribution in [0.4, 0.5) is 0 Å². The van der Waals surface area contributed by atoms with Crippen LogP contribution >= 0.6 is 11.6 Å². The number of likely N-dealkylation sites (tertiary alicyclic amines) is 1. The van der Waals surface area contributed by atoms with Gasteiger partial charge < -0.3 is 4.90 Å². The van der Waals surface area contributed by atoms with Crippen molar-refractivity contribution in [3.8, 4) is 0 Å². The van der Waals surface area contributed by atoms with Gasteiger partial charge in [0.05, 0.1) is 10.6 Å². The second-order valence-electron chi connectivity index (χ2n) is 5.26. The number of pyridine rings is 2. The molecule has 2 aromatic heterocycles. The monoisotopic (exact) mass is 301 g/mol. The Kier molecular flexibility index (Phi) is 4.15. The van der Waals surface area contributed by atoms with E-state index in [4.69, 9.17) is 11.6 Å². The van der Waals surface area contributed by atoms with Gasteiger partial charge in [0.25, 0.3) is 5.91 Å². The average molecular weight is 302 g/mol. The van der Waals surface area contributed by atoms with Crippen LogP contribution in [0.2, 0.25) is 5.02 Å². The predicted octanol–water partition coefficient (Wildman–Crippen LogP) is 3.15. The molecule has 0 spiro atoms. The van der Waals surface area contributed by atoms with Crippen LogP contribution in [0, 0.1) is 0 Å². The maximum atomic E-state index is 12.5. The molecule has 1 aliphatic rings. The van der Waals surface area contributed by atoms with Crippen molar-refractivity contribution in [2.24, 2.45) is 0 Å². The SMILES string of the molecule is O=C(c1cncc(Cl)c1)N1CCCC(c2ccncc2)C1. The molecule has 21 heavy (non-hydrogen) atoms. The van der Waals surface area contributed by atoms with E-state index in [1.165, 1.54) is 11.8 Å². The van der Waals surface area contributed by atoms with Crippen LogP contribution in [0.5, 0.6) is 0 Å². The fraction of sp³-hybridized carbons (Fsp3) is 0.312. The summed E-state index contributed by atoms with van der Waals surface area (Å²) in [6.07, 6.45) is 8.82. The first kappa shape index (κ1) is 14.0. The Balaban J connectivity index is 1.75. The summed E-state index contributed by atoms with van der Waals surface area (Å²) < 4.78 is 0. The molecular formula is C16H16ClN3O. The number of carbonyl (C=O) groups is 1. The first-order chi connectivity index (χ1) is 10.2. The van der Waals surface area contributed by atoms with Gasteiger partial charge in [-0.05, 0) is 36.6 Å². The first-order valence-corrected chi connectivity index (χ1v) is 7.41. The van der Waals surface area contributed by atoms with Crippen LogP contribution in [0.3, 0.4) is 0 Å². The molecule has 1 atom stereocenters. The second-order valence-corrected chi connectivity index (χ2v) is 5.70. The summed E-state index contributed by atoms with van der Waals surface area (Å²) in [6.45, 7) is 1.52. The molecule has 2 aromatic rings. The standard InChI is InChI=1S/C16H16ClN3O/c17-15-8-14(9-19-10-15)16(21)20-7-1-2-13(11-20)12-3-5-18-6-4-12/h3-6,8-10,13H,1-2,7,11H2. The van der Waals surface area contributed by atoms with E-state index < -0.39 is 0 Å². The Morgan fingerprint density at radius 2 is 2.05 bits per heavy atom. The fourth-order valence-corrected chi connectivity index (χ4v) is 2.95. The number of nitrogens with zero attached hydrogens (tertiary/aromatic N) is 3. The Labute approximate surface area is 128 Å². The zero-order valence-electron chi connectivity index (χ0n) is 11.6. The molecule has 4 nitrogen and oxygen atoms in total. The van der Waals surface area contributed by atoms with Gasteiger partial charge in [-0.25, -0.2) is 0 Å². The van der Waals surface area contributed by atoms with E-state index >= 15 is 0 Å². The van der Waals surface area contributed by atoms with Crippen molar-refractivity contribution in [3.63, 3.8) is 0 Å². The largest absolute Gasteiger partial charge is 0.338 e. The third-order valence-electron chi connectivity index (χ3n) is 3.84. The smallest absolute Gasteiger partial charge is 0.255 e. The van der Waals surface area contributed by atoms with Crippen molar-refractivity contribution < 1.29 is 4.79 Å². The zero-order chi connectivity index (χ0) is 14.7. The van der Waals surface area contributed by atoms with Gasteiger partial charge in [-0.1, -0.05) is 11.6 Å². The average Bonchev–Trinajstić information content (AvgIpc) is 2.55. The first-order valence-electron chi connectivity index (χ1n) is 7.04. The van der Waals surface area contributed by atoms with Crippen molar-refractivity contribution in [1.82, 2.24) is 14.9 Å². The van der Waals surface area contributed by atoms with E-state index in [1.807, 2.05) is 17.0 Å². The van der Waals surface area contributed by atoms with E-state index in [0.717, 1.165) is 25.9 Å². The minimum absolute atomic E-state index is 0.00348. The topological polar surface area (TPSA) is 46.1 Å². The lowest BCUT2D eigenvalue weighted by atomic mass is 9.91. The molecule has 0 N–H and O–H groups in total. The molecule has 5 heteroatoms. The van der Waals surface area contributed by atoms with Gasteiger partial charge in [-0.15, -0.1) is 0 Å². The molecule has 0 aromatic carbocycles. The molecule has 1 saturated heterocycles. The molecule has 1 unspecified atom stereocenters. The number of piperidine rings is 1. The summed E-state index contributed by atoms with van der Waals surface area (Å²) in [5, 5.41) is 0.489. The number of rotatable bonds is 2. The number of aromatic nitrogens is 2. The van der Waals surface area contributed by atoms with Crippen LogP contribution in [0.25, 0.3) is 0 Å². The maximum absolute atomic E-state index is 12.5. The summed E-state index contributed by atoms with van der Waals surface area (Å²) in [6, 6.07) is 5.73. The van der Waals surface area contributed by atoms with Crippen molar-refractivity contribution in [2.75, 3.05) is 13.1 Å². The molecular weight excluding hydrogens is 286 g/mol. The van der Waals surface area contributed by atoms with Gasteiger partial charge in [-0.2, -0.15) is 0 Å². The van der Waals surface area contributed by atoms with Crippen LogP contribution in [-0.2, 0) is 0 Å². The van der Waals surface area contributed by atoms with E-state index in [0.29, 0.717) is 16.5 Å². The summed E-state index contributed by atoms with van der Waals surface area (Å²) in [4.78, 5) is 22.5. The van der Waals surface area contributed by atoms with Crippen molar-refractivity contribution in [3.05, 3.63) is 59.1 Å². The molecule has 1 amide bonds. The molecule has 0 bridgehead atoms. The van der Waals surface area contributed by atoms with Crippen molar-refractivity contribution in [1.29, 1.82) is 0 Å². The summed E-state index contributed by atoms with van der Waals surface area (Å²) in [5.41, 5.74) is 1.80. The fourth-order valence-electron chi connectivity index (χ4n) is 2.78. The highest BCUT2D eigenvalue weighted by molar-refractivity contribution is 6.30. The summed E-state index contributed by atoms with van der Waals surface area (Å²) in [7, 11) is 0. The van der Waals surface area contributed by atoms with Gasteiger partial charge in [-0.3, -0.25) is 14.8 Å².